The molecule has 0 spiro atoms. The van der Waals surface area contributed by atoms with Gasteiger partial charge in [0.05, 0.1) is 17.7 Å². The number of benzene rings is 2. The molecular weight excluding hydrogens is 486 g/mol. The Kier molecular flexibility index (Phi) is 7.32. The first kappa shape index (κ1) is 25.3. The monoisotopic (exact) mass is 515 g/mol. The number of piperidine rings is 1. The van der Waals surface area contributed by atoms with Crippen LogP contribution in [0.4, 0.5) is 5.69 Å². The van der Waals surface area contributed by atoms with Crippen molar-refractivity contribution >= 4 is 17.8 Å². The molecule has 1 amide bonds. The Labute approximate surface area is 219 Å². The summed E-state index contributed by atoms with van der Waals surface area (Å²) in [6.45, 7) is 5.66. The van der Waals surface area contributed by atoms with Crippen LogP contribution in [0.3, 0.4) is 0 Å². The number of aromatic nitrogens is 1. The molecule has 1 aromatic heterocycles. The summed E-state index contributed by atoms with van der Waals surface area (Å²) in [4.78, 5) is 37.8. The van der Waals surface area contributed by atoms with Crippen LogP contribution in [0.2, 0.25) is 0 Å². The number of likely N-dealkylation sites (tertiary alicyclic amines) is 1. The second-order valence-corrected chi connectivity index (χ2v) is 9.67. The van der Waals surface area contributed by atoms with Gasteiger partial charge in [0.1, 0.15) is 11.3 Å². The molecule has 0 aliphatic carbocycles. The van der Waals surface area contributed by atoms with E-state index in [0.717, 1.165) is 48.6 Å². The van der Waals surface area contributed by atoms with Crippen molar-refractivity contribution in [1.82, 2.24) is 14.9 Å². The molecule has 38 heavy (non-hydrogen) atoms. The molecule has 1 fully saturated rings. The number of para-hydroxylation sites is 1. The van der Waals surface area contributed by atoms with E-state index in [1.54, 1.807) is 12.1 Å². The first-order valence-corrected chi connectivity index (χ1v) is 12.7. The van der Waals surface area contributed by atoms with Crippen molar-refractivity contribution in [3.8, 4) is 5.75 Å². The van der Waals surface area contributed by atoms with Gasteiger partial charge >= 0.3 is 0 Å². The quantitative estimate of drug-likeness (QED) is 0.278. The summed E-state index contributed by atoms with van der Waals surface area (Å²) in [6.07, 6.45) is 2.60. The molecule has 2 aromatic carbocycles. The fraction of sp³-hybridized carbons (Fsp3) is 0.321. The van der Waals surface area contributed by atoms with E-state index in [9.17, 15) is 19.7 Å². The van der Waals surface area contributed by atoms with E-state index in [-0.39, 0.29) is 16.8 Å². The van der Waals surface area contributed by atoms with Gasteiger partial charge in [-0.1, -0.05) is 18.2 Å². The van der Waals surface area contributed by atoms with Crippen molar-refractivity contribution in [2.75, 3.05) is 19.7 Å². The molecule has 0 radical (unpaired) electrons. The Hall–Kier alpha value is -4.31. The minimum atomic E-state index is -0.654. The Balaban J connectivity index is 1.31. The first-order chi connectivity index (χ1) is 18.4. The van der Waals surface area contributed by atoms with Gasteiger partial charge in [-0.25, -0.2) is 5.43 Å². The number of hydrogen-bond donors (Lipinski definition) is 1. The highest BCUT2D eigenvalue weighted by atomic mass is 16.6. The Morgan fingerprint density at radius 2 is 2.00 bits per heavy atom. The number of nitro benzene ring substituents is 1. The van der Waals surface area contributed by atoms with Gasteiger partial charge in [0.15, 0.2) is 0 Å². The fourth-order valence-electron chi connectivity index (χ4n) is 5.52. The van der Waals surface area contributed by atoms with E-state index in [2.05, 4.69) is 21.5 Å². The number of amides is 1. The third-order valence-corrected chi connectivity index (χ3v) is 7.06. The fourth-order valence-corrected chi connectivity index (χ4v) is 5.52. The van der Waals surface area contributed by atoms with Crippen molar-refractivity contribution in [2.24, 2.45) is 11.0 Å². The van der Waals surface area contributed by atoms with Crippen LogP contribution in [-0.4, -0.2) is 46.2 Å². The van der Waals surface area contributed by atoms with Gasteiger partial charge in [-0.15, -0.1) is 0 Å². The maximum absolute atomic E-state index is 12.5. The number of carbonyl (C=O) groups excluding carboxylic acids is 1. The summed E-state index contributed by atoms with van der Waals surface area (Å²) in [5, 5.41) is 15.2. The minimum absolute atomic E-state index is 0.0542. The SMILES string of the molecule is CCOc1ccc(C=NNC(=O)c2ccccc2[N+](=O)[O-])cc1CN1CC2CC(C1)c1cccc(=O)n1C2. The summed E-state index contributed by atoms with van der Waals surface area (Å²) < 4.78 is 7.81. The van der Waals surface area contributed by atoms with Gasteiger partial charge < -0.3 is 9.30 Å². The summed E-state index contributed by atoms with van der Waals surface area (Å²) in [7, 11) is 0. The lowest BCUT2D eigenvalue weighted by Gasteiger charge is -2.43. The van der Waals surface area contributed by atoms with Crippen LogP contribution in [0.15, 0.2) is 70.6 Å². The highest BCUT2D eigenvalue weighted by Gasteiger charge is 2.34. The molecule has 1 N–H and O–H groups in total. The van der Waals surface area contributed by atoms with Crippen molar-refractivity contribution in [1.29, 1.82) is 0 Å². The number of pyridine rings is 1. The van der Waals surface area contributed by atoms with Gasteiger partial charge in [0.25, 0.3) is 17.2 Å². The number of nitrogens with zero attached hydrogens (tertiary/aromatic N) is 4. The van der Waals surface area contributed by atoms with Crippen LogP contribution in [0.1, 0.15) is 46.4 Å². The number of carbonyl (C=O) groups is 1. The molecule has 0 saturated carbocycles. The van der Waals surface area contributed by atoms with E-state index < -0.39 is 10.8 Å². The van der Waals surface area contributed by atoms with Crippen LogP contribution >= 0.6 is 0 Å². The smallest absolute Gasteiger partial charge is 0.282 e. The molecule has 3 heterocycles. The van der Waals surface area contributed by atoms with Gasteiger partial charge in [0, 0.05) is 55.5 Å². The Bertz CT molecular complexity index is 1450. The molecule has 2 atom stereocenters. The molecule has 2 bridgehead atoms. The molecule has 10 heteroatoms. The maximum Gasteiger partial charge on any atom is 0.282 e. The second kappa shape index (κ2) is 11.0. The molecule has 2 aliphatic rings. The van der Waals surface area contributed by atoms with E-state index in [0.29, 0.717) is 25.0 Å². The highest BCUT2D eigenvalue weighted by molar-refractivity contribution is 5.98. The number of hydrogen-bond acceptors (Lipinski definition) is 7. The highest BCUT2D eigenvalue weighted by Crippen LogP contribution is 2.36. The third kappa shape index (κ3) is 5.35. The summed E-state index contributed by atoms with van der Waals surface area (Å²) >= 11 is 0. The van der Waals surface area contributed by atoms with E-state index in [1.165, 1.54) is 24.4 Å². The zero-order valence-electron chi connectivity index (χ0n) is 21.1. The van der Waals surface area contributed by atoms with E-state index >= 15 is 0 Å². The zero-order valence-corrected chi connectivity index (χ0v) is 21.1. The number of hydrazone groups is 1. The lowest BCUT2D eigenvalue weighted by atomic mass is 9.83. The number of rotatable bonds is 8. The van der Waals surface area contributed by atoms with Crippen LogP contribution in [0.5, 0.6) is 5.75 Å². The molecule has 5 rings (SSSR count). The average Bonchev–Trinajstić information content (AvgIpc) is 2.90. The topological polar surface area (TPSA) is 119 Å². The Morgan fingerprint density at radius 1 is 1.16 bits per heavy atom. The van der Waals surface area contributed by atoms with Crippen molar-refractivity contribution < 1.29 is 14.5 Å². The van der Waals surface area contributed by atoms with Gasteiger partial charge in [-0.2, -0.15) is 5.10 Å². The van der Waals surface area contributed by atoms with Crippen LogP contribution < -0.4 is 15.7 Å². The molecule has 3 aromatic rings. The normalized spacial score (nSPS) is 18.7. The predicted octanol–water partition coefficient (Wildman–Crippen LogP) is 3.54. The summed E-state index contributed by atoms with van der Waals surface area (Å²) in [6, 6.07) is 17.0. The number of fused-ring (bicyclic) bond motifs is 4. The molecule has 1 saturated heterocycles. The van der Waals surface area contributed by atoms with E-state index in [4.69, 9.17) is 4.74 Å². The van der Waals surface area contributed by atoms with Crippen LogP contribution in [-0.2, 0) is 13.1 Å². The zero-order chi connectivity index (χ0) is 26.6. The van der Waals surface area contributed by atoms with E-state index in [1.807, 2.05) is 35.8 Å². The summed E-state index contributed by atoms with van der Waals surface area (Å²) in [5.41, 5.74) is 5.01. The van der Waals surface area contributed by atoms with Crippen molar-refractivity contribution in [2.45, 2.75) is 32.4 Å². The van der Waals surface area contributed by atoms with Gasteiger partial charge in [-0.05, 0) is 55.2 Å². The third-order valence-electron chi connectivity index (χ3n) is 7.06. The summed E-state index contributed by atoms with van der Waals surface area (Å²) in [5.74, 6) is 0.868. The first-order valence-electron chi connectivity index (χ1n) is 12.7. The minimum Gasteiger partial charge on any atom is -0.494 e. The van der Waals surface area contributed by atoms with Crippen LogP contribution in [0, 0.1) is 16.0 Å². The second-order valence-electron chi connectivity index (χ2n) is 9.67. The standard InChI is InChI=1S/C28H29N5O5/c1-2-38-26-11-10-19(14-29-30-28(35)23-6-3-4-7-25(23)33(36)37)12-22(26)18-31-15-20-13-21(17-31)24-8-5-9-27(34)32(24)16-20/h3-12,14,20-21H,2,13,15-18H2,1H3,(H,30,35). The van der Waals surface area contributed by atoms with Gasteiger partial charge in [0.2, 0.25) is 0 Å². The predicted molar refractivity (Wildman–Crippen MR) is 143 cm³/mol. The van der Waals surface area contributed by atoms with Crippen molar-refractivity contribution in [3.05, 3.63) is 104 Å². The number of nitro groups is 1. The van der Waals surface area contributed by atoms with Crippen molar-refractivity contribution in [3.63, 3.8) is 0 Å². The molecule has 2 unspecified atom stereocenters. The molecular formula is C28H29N5O5. The average molecular weight is 516 g/mol. The number of ether oxygens (including phenoxy) is 1. The molecule has 196 valence electrons. The lowest BCUT2D eigenvalue weighted by molar-refractivity contribution is -0.385. The molecule has 2 aliphatic heterocycles. The van der Waals surface area contributed by atoms with Gasteiger partial charge in [-0.3, -0.25) is 24.6 Å². The lowest BCUT2D eigenvalue weighted by Crippen LogP contribution is -2.46. The maximum atomic E-state index is 12.5. The molecule has 10 nitrogen and oxygen atoms in total. The Morgan fingerprint density at radius 3 is 2.82 bits per heavy atom. The largest absolute Gasteiger partial charge is 0.494 e. The number of nitrogens with one attached hydrogen (secondary N) is 1. The van der Waals surface area contributed by atoms with Crippen LogP contribution in [0.25, 0.3) is 0 Å².